The highest BCUT2D eigenvalue weighted by Gasteiger charge is 2.32. The van der Waals surface area contributed by atoms with E-state index in [-0.39, 0.29) is 12.8 Å². The molecule has 0 aromatic rings. The minimum absolute atomic E-state index is 0.0158. The largest absolute Gasteiger partial charge is 0.481 e. The van der Waals surface area contributed by atoms with E-state index < -0.39 is 85.0 Å². The number of thioether (sulfide) groups is 1. The molecule has 9 N–H and O–H groups in total. The van der Waals surface area contributed by atoms with Gasteiger partial charge in [0.15, 0.2) is 0 Å². The number of carbonyl (C=O) groups is 7. The van der Waals surface area contributed by atoms with E-state index in [1.54, 1.807) is 6.26 Å². The maximum atomic E-state index is 12.6. The van der Waals surface area contributed by atoms with Gasteiger partial charge in [-0.15, -0.1) is 0 Å². The standard InChI is InChI=1S/C18H28N4O11S/c1-34-5-4-9(18(32)33)20-16(30)11(7-14(27)28)22-17(31)10(6-13(25)26)21-15(29)8(19)2-3-12(23)24/h8-11H,2-7,19H2,1H3,(H,20,30)(H,21,29)(H,22,31)(H,23,24)(H,25,26)(H,27,28)(H,32,33). The average Bonchev–Trinajstić information content (AvgIpc) is 2.72. The molecule has 0 heterocycles. The van der Waals surface area contributed by atoms with Gasteiger partial charge in [-0.25, -0.2) is 4.79 Å². The molecule has 34 heavy (non-hydrogen) atoms. The zero-order valence-corrected chi connectivity index (χ0v) is 19.0. The molecule has 0 spiro atoms. The van der Waals surface area contributed by atoms with E-state index in [1.807, 2.05) is 10.6 Å². The molecular weight excluding hydrogens is 480 g/mol. The molecule has 0 aliphatic carbocycles. The van der Waals surface area contributed by atoms with Crippen LogP contribution in [0.2, 0.25) is 0 Å². The Hall–Kier alpha value is -3.40. The van der Waals surface area contributed by atoms with Crippen LogP contribution in [0.25, 0.3) is 0 Å². The van der Waals surface area contributed by atoms with Crippen molar-refractivity contribution in [1.82, 2.24) is 16.0 Å². The van der Waals surface area contributed by atoms with Crippen molar-refractivity contribution in [1.29, 1.82) is 0 Å². The van der Waals surface area contributed by atoms with Crippen LogP contribution in [0.5, 0.6) is 0 Å². The number of carboxylic acid groups (broad SMARTS) is 4. The van der Waals surface area contributed by atoms with Crippen LogP contribution in [0.4, 0.5) is 0 Å². The molecule has 15 nitrogen and oxygen atoms in total. The average molecular weight is 509 g/mol. The third kappa shape index (κ3) is 12.6. The first-order valence-corrected chi connectivity index (χ1v) is 11.2. The first-order chi connectivity index (χ1) is 15.8. The van der Waals surface area contributed by atoms with Crippen molar-refractivity contribution in [3.05, 3.63) is 0 Å². The summed E-state index contributed by atoms with van der Waals surface area (Å²) in [5.74, 6) is -8.71. The number of rotatable bonds is 17. The molecule has 0 saturated carbocycles. The molecule has 0 radical (unpaired) electrons. The first-order valence-electron chi connectivity index (χ1n) is 9.82. The van der Waals surface area contributed by atoms with Crippen molar-refractivity contribution in [2.75, 3.05) is 12.0 Å². The summed E-state index contributed by atoms with van der Waals surface area (Å²) in [6.07, 6.45) is -0.972. The summed E-state index contributed by atoms with van der Waals surface area (Å²) in [7, 11) is 0. The van der Waals surface area contributed by atoms with E-state index in [4.69, 9.17) is 21.1 Å². The summed E-state index contributed by atoms with van der Waals surface area (Å²) in [5, 5.41) is 42.1. The van der Waals surface area contributed by atoms with Crippen molar-refractivity contribution in [2.24, 2.45) is 5.73 Å². The minimum atomic E-state index is -1.78. The topological polar surface area (TPSA) is 263 Å². The Balaban J connectivity index is 5.48. The summed E-state index contributed by atoms with van der Waals surface area (Å²) >= 11 is 1.31. The summed E-state index contributed by atoms with van der Waals surface area (Å²) in [6.45, 7) is 0. The number of carbonyl (C=O) groups excluding carboxylic acids is 3. The van der Waals surface area contributed by atoms with Crippen LogP contribution < -0.4 is 21.7 Å². The van der Waals surface area contributed by atoms with Gasteiger partial charge in [-0.2, -0.15) is 11.8 Å². The van der Waals surface area contributed by atoms with Gasteiger partial charge in [-0.3, -0.25) is 28.8 Å². The molecule has 16 heteroatoms. The quantitative estimate of drug-likeness (QED) is 0.100. The molecule has 0 fully saturated rings. The fourth-order valence-corrected chi connectivity index (χ4v) is 2.97. The van der Waals surface area contributed by atoms with Crippen molar-refractivity contribution in [3.8, 4) is 0 Å². The molecule has 4 atom stereocenters. The van der Waals surface area contributed by atoms with Gasteiger partial charge in [0, 0.05) is 6.42 Å². The van der Waals surface area contributed by atoms with Crippen molar-refractivity contribution in [3.63, 3.8) is 0 Å². The molecule has 4 unspecified atom stereocenters. The van der Waals surface area contributed by atoms with E-state index in [0.29, 0.717) is 5.75 Å². The molecule has 3 amide bonds. The van der Waals surface area contributed by atoms with Gasteiger partial charge in [0.25, 0.3) is 0 Å². The summed E-state index contributed by atoms with van der Waals surface area (Å²) in [4.78, 5) is 81.4. The molecule has 0 rings (SSSR count). The Morgan fingerprint density at radius 3 is 1.53 bits per heavy atom. The molecule has 0 saturated heterocycles. The summed E-state index contributed by atoms with van der Waals surface area (Å²) in [5.41, 5.74) is 5.53. The molecule has 0 aliphatic rings. The van der Waals surface area contributed by atoms with Crippen LogP contribution in [0.3, 0.4) is 0 Å². The number of carboxylic acids is 4. The predicted molar refractivity (Wildman–Crippen MR) is 116 cm³/mol. The first kappa shape index (κ1) is 30.6. The molecular formula is C18H28N4O11S. The maximum Gasteiger partial charge on any atom is 0.326 e. The van der Waals surface area contributed by atoms with Crippen molar-refractivity contribution in [2.45, 2.75) is 56.3 Å². The lowest BCUT2D eigenvalue weighted by molar-refractivity contribution is -0.145. The molecule has 0 aromatic carbocycles. The fraction of sp³-hybridized carbons (Fsp3) is 0.611. The van der Waals surface area contributed by atoms with E-state index in [1.165, 1.54) is 11.8 Å². The molecule has 192 valence electrons. The predicted octanol–water partition coefficient (Wildman–Crippen LogP) is -2.58. The number of nitrogens with two attached hydrogens (primary N) is 1. The van der Waals surface area contributed by atoms with Gasteiger partial charge in [0.1, 0.15) is 18.1 Å². The number of aliphatic carboxylic acids is 4. The Morgan fingerprint density at radius 1 is 0.706 bits per heavy atom. The third-order valence-electron chi connectivity index (χ3n) is 4.25. The second kappa shape index (κ2) is 15.4. The second-order valence-electron chi connectivity index (χ2n) is 7.04. The van der Waals surface area contributed by atoms with Crippen LogP contribution >= 0.6 is 11.8 Å². The molecule has 0 aromatic heterocycles. The lowest BCUT2D eigenvalue weighted by Crippen LogP contribution is -2.58. The van der Waals surface area contributed by atoms with E-state index in [9.17, 15) is 38.7 Å². The number of nitrogens with one attached hydrogen (secondary N) is 3. The van der Waals surface area contributed by atoms with Gasteiger partial charge in [-0.05, 0) is 24.9 Å². The van der Waals surface area contributed by atoms with Gasteiger partial charge >= 0.3 is 23.9 Å². The monoisotopic (exact) mass is 508 g/mol. The molecule has 0 bridgehead atoms. The van der Waals surface area contributed by atoms with E-state index in [2.05, 4.69) is 5.32 Å². The lowest BCUT2D eigenvalue weighted by atomic mass is 10.1. The van der Waals surface area contributed by atoms with Crippen molar-refractivity contribution < 1.29 is 54.0 Å². The van der Waals surface area contributed by atoms with Gasteiger partial charge in [-0.1, -0.05) is 0 Å². The fourth-order valence-electron chi connectivity index (χ4n) is 2.49. The Morgan fingerprint density at radius 2 is 1.15 bits per heavy atom. The van der Waals surface area contributed by atoms with Crippen LogP contribution in [-0.4, -0.2) is 98.2 Å². The highest BCUT2D eigenvalue weighted by Crippen LogP contribution is 2.04. The Kier molecular flexibility index (Phi) is 13.9. The van der Waals surface area contributed by atoms with E-state index >= 15 is 0 Å². The zero-order valence-electron chi connectivity index (χ0n) is 18.2. The zero-order chi connectivity index (χ0) is 26.4. The van der Waals surface area contributed by atoms with Crippen LogP contribution in [0, 0.1) is 0 Å². The Labute approximate surface area is 197 Å². The lowest BCUT2D eigenvalue weighted by Gasteiger charge is -2.24. The molecule has 0 aliphatic heterocycles. The highest BCUT2D eigenvalue weighted by atomic mass is 32.2. The van der Waals surface area contributed by atoms with E-state index in [0.717, 1.165) is 0 Å². The smallest absolute Gasteiger partial charge is 0.326 e. The summed E-state index contributed by atoms with van der Waals surface area (Å²) < 4.78 is 0. The number of hydrogen-bond acceptors (Lipinski definition) is 9. The van der Waals surface area contributed by atoms with Crippen LogP contribution in [0.1, 0.15) is 32.1 Å². The SMILES string of the molecule is CSCCC(NC(=O)C(CC(=O)O)NC(=O)C(CC(=O)O)NC(=O)C(N)CCC(=O)O)C(=O)O. The Bertz CT molecular complexity index is 792. The van der Waals surface area contributed by atoms with Gasteiger partial charge < -0.3 is 42.1 Å². The highest BCUT2D eigenvalue weighted by molar-refractivity contribution is 7.98. The maximum absolute atomic E-state index is 12.6. The second-order valence-corrected chi connectivity index (χ2v) is 8.02. The number of amides is 3. The minimum Gasteiger partial charge on any atom is -0.481 e. The normalized spacial score (nSPS) is 14.1. The van der Waals surface area contributed by atoms with Gasteiger partial charge in [0.05, 0.1) is 18.9 Å². The van der Waals surface area contributed by atoms with Crippen molar-refractivity contribution >= 4 is 53.4 Å². The van der Waals surface area contributed by atoms with Gasteiger partial charge in [0.2, 0.25) is 17.7 Å². The number of hydrogen-bond donors (Lipinski definition) is 8. The van der Waals surface area contributed by atoms with Crippen LogP contribution in [0.15, 0.2) is 0 Å². The van der Waals surface area contributed by atoms with Crippen LogP contribution in [-0.2, 0) is 33.6 Å². The summed E-state index contributed by atoms with van der Waals surface area (Å²) in [6, 6.07) is -6.31. The third-order valence-corrected chi connectivity index (χ3v) is 4.90.